The molecule has 0 spiro atoms. The van der Waals surface area contributed by atoms with Crippen LogP contribution in [0, 0.1) is 0 Å². The van der Waals surface area contributed by atoms with Crippen LogP contribution in [0.5, 0.6) is 0 Å². The molecule has 2 aromatic rings. The normalized spacial score (nSPS) is 18.1. The van der Waals surface area contributed by atoms with Gasteiger partial charge in [0.2, 0.25) is 0 Å². The Morgan fingerprint density at radius 3 is 2.84 bits per heavy atom. The lowest BCUT2D eigenvalue weighted by Gasteiger charge is -2.33. The number of carbonyl (C=O) groups excluding carboxylic acids is 1. The number of pyridine rings is 1. The summed E-state index contributed by atoms with van der Waals surface area (Å²) in [4.78, 5) is 18.2. The first-order valence-corrected chi connectivity index (χ1v) is 8.49. The Kier molecular flexibility index (Phi) is 4.41. The molecule has 7 heteroatoms. The standard InChI is InChI=1S/C18H25N5O2/c1-18(2,3)23(4)17(24)25-13-7-5-11(6-8-13)12-9-14-15(19)21-22-16(14)20-10-12/h5,9-10,13H,6-8H2,1-4H3,(H3,19,20,21,22). The van der Waals surface area contributed by atoms with E-state index in [0.29, 0.717) is 17.9 Å². The number of allylic oxidation sites excluding steroid dienone is 1. The molecule has 1 unspecified atom stereocenters. The molecule has 7 nitrogen and oxygen atoms in total. The van der Waals surface area contributed by atoms with Crippen LogP contribution in [0.1, 0.15) is 45.6 Å². The van der Waals surface area contributed by atoms with Gasteiger partial charge in [-0.25, -0.2) is 9.78 Å². The molecular weight excluding hydrogens is 318 g/mol. The summed E-state index contributed by atoms with van der Waals surface area (Å²) in [7, 11) is 1.77. The SMILES string of the molecule is CN(C(=O)OC1CC=C(c2cnc3n[nH]c(N)c3c2)CC1)C(C)(C)C. The zero-order chi connectivity index (χ0) is 18.2. The van der Waals surface area contributed by atoms with Gasteiger partial charge in [-0.1, -0.05) is 6.08 Å². The van der Waals surface area contributed by atoms with Gasteiger partial charge in [0.05, 0.1) is 5.39 Å². The molecule has 1 aliphatic rings. The third-order valence-electron chi connectivity index (χ3n) is 4.72. The maximum atomic E-state index is 12.2. The summed E-state index contributed by atoms with van der Waals surface area (Å²) < 4.78 is 5.63. The van der Waals surface area contributed by atoms with Crippen molar-refractivity contribution in [1.29, 1.82) is 0 Å². The molecule has 1 amide bonds. The monoisotopic (exact) mass is 343 g/mol. The number of anilines is 1. The van der Waals surface area contributed by atoms with Crippen LogP contribution >= 0.6 is 0 Å². The molecule has 1 atom stereocenters. The molecule has 3 N–H and O–H groups in total. The highest BCUT2D eigenvalue weighted by molar-refractivity contribution is 5.88. The van der Waals surface area contributed by atoms with E-state index in [0.717, 1.165) is 23.8 Å². The smallest absolute Gasteiger partial charge is 0.410 e. The molecule has 25 heavy (non-hydrogen) atoms. The van der Waals surface area contributed by atoms with Crippen LogP contribution in [0.3, 0.4) is 0 Å². The molecular formula is C18H25N5O2. The highest BCUT2D eigenvalue weighted by Crippen LogP contribution is 2.30. The predicted octanol–water partition coefficient (Wildman–Crippen LogP) is 3.34. The summed E-state index contributed by atoms with van der Waals surface area (Å²) in [6.07, 6.45) is 5.92. The van der Waals surface area contributed by atoms with E-state index in [4.69, 9.17) is 10.5 Å². The summed E-state index contributed by atoms with van der Waals surface area (Å²) in [5.41, 5.74) is 8.48. The molecule has 1 aliphatic carbocycles. The first kappa shape index (κ1) is 17.3. The third kappa shape index (κ3) is 3.60. The maximum absolute atomic E-state index is 12.2. The molecule has 0 aliphatic heterocycles. The maximum Gasteiger partial charge on any atom is 0.410 e. The number of ether oxygens (including phenoxy) is 1. The van der Waals surface area contributed by atoms with Crippen LogP contribution in [0.2, 0.25) is 0 Å². The fraction of sp³-hybridized carbons (Fsp3) is 0.500. The minimum absolute atomic E-state index is 0.0864. The molecule has 134 valence electrons. The van der Waals surface area contributed by atoms with Crippen molar-refractivity contribution in [3.63, 3.8) is 0 Å². The number of aromatic amines is 1. The van der Waals surface area contributed by atoms with Crippen LogP contribution in [-0.2, 0) is 4.74 Å². The van der Waals surface area contributed by atoms with Crippen molar-refractivity contribution in [3.05, 3.63) is 23.9 Å². The van der Waals surface area contributed by atoms with Crippen LogP contribution in [0.25, 0.3) is 16.6 Å². The summed E-state index contributed by atoms with van der Waals surface area (Å²) in [5.74, 6) is 0.526. The summed E-state index contributed by atoms with van der Waals surface area (Å²) in [5, 5.41) is 7.62. The number of nitrogens with two attached hydrogens (primary N) is 1. The zero-order valence-electron chi connectivity index (χ0n) is 15.2. The van der Waals surface area contributed by atoms with Crippen LogP contribution < -0.4 is 5.73 Å². The molecule has 0 saturated carbocycles. The predicted molar refractivity (Wildman–Crippen MR) is 97.9 cm³/mol. The number of fused-ring (bicyclic) bond motifs is 1. The van der Waals surface area contributed by atoms with Gasteiger partial charge in [-0.15, -0.1) is 0 Å². The average molecular weight is 343 g/mol. The number of hydrogen-bond acceptors (Lipinski definition) is 5. The number of nitrogens with one attached hydrogen (secondary N) is 1. The van der Waals surface area contributed by atoms with Gasteiger partial charge in [-0.05, 0) is 50.8 Å². The van der Waals surface area contributed by atoms with E-state index < -0.39 is 0 Å². The van der Waals surface area contributed by atoms with E-state index in [-0.39, 0.29) is 17.7 Å². The molecule has 0 bridgehead atoms. The Morgan fingerprint density at radius 2 is 2.20 bits per heavy atom. The number of amides is 1. The van der Waals surface area contributed by atoms with E-state index >= 15 is 0 Å². The van der Waals surface area contributed by atoms with Gasteiger partial charge in [0.1, 0.15) is 11.9 Å². The first-order chi connectivity index (χ1) is 11.8. The van der Waals surface area contributed by atoms with Gasteiger partial charge in [-0.2, -0.15) is 5.10 Å². The fourth-order valence-electron chi connectivity index (χ4n) is 2.77. The fourth-order valence-corrected chi connectivity index (χ4v) is 2.77. The summed E-state index contributed by atoms with van der Waals surface area (Å²) in [6, 6.07) is 2.01. The van der Waals surface area contributed by atoms with Crippen molar-refractivity contribution < 1.29 is 9.53 Å². The van der Waals surface area contributed by atoms with Crippen molar-refractivity contribution in [2.75, 3.05) is 12.8 Å². The quantitative estimate of drug-likeness (QED) is 0.871. The summed E-state index contributed by atoms with van der Waals surface area (Å²) in [6.45, 7) is 5.95. The second-order valence-electron chi connectivity index (χ2n) is 7.47. The highest BCUT2D eigenvalue weighted by atomic mass is 16.6. The minimum atomic E-state index is -0.274. The highest BCUT2D eigenvalue weighted by Gasteiger charge is 2.27. The number of nitrogens with zero attached hydrogens (tertiary/aromatic N) is 3. The van der Waals surface area contributed by atoms with Gasteiger partial charge in [-0.3, -0.25) is 5.10 Å². The number of hydrogen-bond donors (Lipinski definition) is 2. The van der Waals surface area contributed by atoms with Crippen molar-refractivity contribution in [1.82, 2.24) is 20.1 Å². The van der Waals surface area contributed by atoms with E-state index in [1.165, 1.54) is 5.57 Å². The van der Waals surface area contributed by atoms with Gasteiger partial charge >= 0.3 is 6.09 Å². The molecule has 3 rings (SSSR count). The van der Waals surface area contributed by atoms with Crippen molar-refractivity contribution >= 4 is 28.5 Å². The largest absolute Gasteiger partial charge is 0.446 e. The molecule has 0 radical (unpaired) electrons. The summed E-state index contributed by atoms with van der Waals surface area (Å²) >= 11 is 0. The van der Waals surface area contributed by atoms with E-state index in [1.54, 1.807) is 11.9 Å². The molecule has 2 heterocycles. The average Bonchev–Trinajstić information content (AvgIpc) is 2.94. The van der Waals surface area contributed by atoms with Crippen molar-refractivity contribution in [2.24, 2.45) is 0 Å². The molecule has 0 saturated heterocycles. The number of nitrogen functional groups attached to an aromatic ring is 1. The Balaban J connectivity index is 1.67. The number of H-pyrrole nitrogens is 1. The van der Waals surface area contributed by atoms with Gasteiger partial charge < -0.3 is 15.4 Å². The van der Waals surface area contributed by atoms with Gasteiger partial charge in [0.25, 0.3) is 0 Å². The Morgan fingerprint density at radius 1 is 1.44 bits per heavy atom. The van der Waals surface area contributed by atoms with Gasteiger partial charge in [0.15, 0.2) is 5.65 Å². The Bertz CT molecular complexity index is 818. The van der Waals surface area contributed by atoms with Crippen molar-refractivity contribution in [3.8, 4) is 0 Å². The third-order valence-corrected chi connectivity index (χ3v) is 4.72. The topological polar surface area (TPSA) is 97.1 Å². The minimum Gasteiger partial charge on any atom is -0.446 e. The second kappa shape index (κ2) is 6.38. The van der Waals surface area contributed by atoms with E-state index in [9.17, 15) is 4.79 Å². The lowest BCUT2D eigenvalue weighted by molar-refractivity contribution is 0.0445. The number of aromatic nitrogens is 3. The van der Waals surface area contributed by atoms with Crippen molar-refractivity contribution in [2.45, 2.75) is 51.7 Å². The van der Waals surface area contributed by atoms with Crippen LogP contribution in [0.4, 0.5) is 10.6 Å². The van der Waals surface area contributed by atoms with Crippen LogP contribution in [0.15, 0.2) is 18.3 Å². The molecule has 0 aromatic carbocycles. The number of carbonyl (C=O) groups is 1. The number of rotatable bonds is 2. The van der Waals surface area contributed by atoms with Crippen LogP contribution in [-0.4, -0.2) is 44.9 Å². The first-order valence-electron chi connectivity index (χ1n) is 8.49. The zero-order valence-corrected chi connectivity index (χ0v) is 15.2. The lowest BCUT2D eigenvalue weighted by atomic mass is 9.92. The second-order valence-corrected chi connectivity index (χ2v) is 7.47. The van der Waals surface area contributed by atoms with Gasteiger partial charge in [0, 0.05) is 25.2 Å². The van der Waals surface area contributed by atoms with E-state index in [2.05, 4.69) is 21.3 Å². The molecule has 0 fully saturated rings. The lowest BCUT2D eigenvalue weighted by Crippen LogP contribution is -2.44. The van der Waals surface area contributed by atoms with E-state index in [1.807, 2.05) is 33.0 Å². The molecule has 2 aromatic heterocycles. The Hall–Kier alpha value is -2.57. The Labute approximate surface area is 147 Å².